The number of carbonyl (C=O) groups excluding carboxylic acids is 1. The number of urea groups is 1. The zero-order valence-electron chi connectivity index (χ0n) is 16.1. The number of hydrogen-bond donors (Lipinski definition) is 2. The van der Waals surface area contributed by atoms with E-state index < -0.39 is 11.7 Å². The molecule has 1 unspecified atom stereocenters. The van der Waals surface area contributed by atoms with Gasteiger partial charge in [-0.2, -0.15) is 4.98 Å². The van der Waals surface area contributed by atoms with Crippen molar-refractivity contribution in [1.82, 2.24) is 9.55 Å². The molecule has 8 heteroatoms. The zero-order chi connectivity index (χ0) is 20.2. The van der Waals surface area contributed by atoms with Crippen molar-refractivity contribution in [1.29, 1.82) is 0 Å². The summed E-state index contributed by atoms with van der Waals surface area (Å²) < 4.78 is 12.4. The Morgan fingerprint density at radius 1 is 1.21 bits per heavy atom. The van der Waals surface area contributed by atoms with Gasteiger partial charge in [0.25, 0.3) is 0 Å². The van der Waals surface area contributed by atoms with Crippen LogP contribution in [0.15, 0.2) is 53.3 Å². The van der Waals surface area contributed by atoms with Gasteiger partial charge in [0.1, 0.15) is 11.6 Å². The van der Waals surface area contributed by atoms with Gasteiger partial charge in [-0.05, 0) is 37.1 Å². The first-order chi connectivity index (χ1) is 14.2. The summed E-state index contributed by atoms with van der Waals surface area (Å²) in [4.78, 5) is 29.6. The van der Waals surface area contributed by atoms with Gasteiger partial charge in [-0.15, -0.1) is 0 Å². The molecule has 1 aliphatic rings. The maximum absolute atomic E-state index is 12.7. The molecule has 1 aliphatic heterocycles. The van der Waals surface area contributed by atoms with E-state index in [1.165, 1.54) is 11.7 Å². The van der Waals surface area contributed by atoms with Gasteiger partial charge < -0.3 is 14.8 Å². The number of aromatic nitrogens is 2. The maximum Gasteiger partial charge on any atom is 0.349 e. The van der Waals surface area contributed by atoms with Crippen molar-refractivity contribution in [2.24, 2.45) is 0 Å². The molecule has 150 valence electrons. The van der Waals surface area contributed by atoms with Crippen molar-refractivity contribution in [3.8, 4) is 5.75 Å². The Hall–Kier alpha value is -3.39. The number of nitrogens with one attached hydrogen (secondary N) is 2. The van der Waals surface area contributed by atoms with Crippen LogP contribution in [0.3, 0.4) is 0 Å². The normalized spacial score (nSPS) is 16.0. The summed E-state index contributed by atoms with van der Waals surface area (Å²) in [5, 5.41) is 6.28. The highest BCUT2D eigenvalue weighted by Gasteiger charge is 2.21. The number of methoxy groups -OCH3 is 1. The fourth-order valence-corrected chi connectivity index (χ4v) is 3.48. The van der Waals surface area contributed by atoms with E-state index in [4.69, 9.17) is 9.47 Å². The molecule has 3 aromatic rings. The lowest BCUT2D eigenvalue weighted by molar-refractivity contribution is 0.0964. The van der Waals surface area contributed by atoms with Gasteiger partial charge >= 0.3 is 11.7 Å². The third-order valence-corrected chi connectivity index (χ3v) is 4.87. The van der Waals surface area contributed by atoms with Gasteiger partial charge in [0.05, 0.1) is 31.0 Å². The highest BCUT2D eigenvalue weighted by Crippen LogP contribution is 2.25. The fourth-order valence-electron chi connectivity index (χ4n) is 3.48. The first kappa shape index (κ1) is 18.9. The van der Waals surface area contributed by atoms with Crippen LogP contribution in [0.5, 0.6) is 5.75 Å². The van der Waals surface area contributed by atoms with Crippen LogP contribution < -0.4 is 21.1 Å². The zero-order valence-corrected chi connectivity index (χ0v) is 16.1. The van der Waals surface area contributed by atoms with Crippen molar-refractivity contribution in [2.75, 3.05) is 24.4 Å². The fraction of sp³-hybridized carbons (Fsp3) is 0.286. The van der Waals surface area contributed by atoms with Crippen molar-refractivity contribution in [3.63, 3.8) is 0 Å². The molecule has 8 nitrogen and oxygen atoms in total. The summed E-state index contributed by atoms with van der Waals surface area (Å²) in [5.74, 6) is 0.933. The van der Waals surface area contributed by atoms with Crippen LogP contribution in [-0.4, -0.2) is 35.4 Å². The minimum atomic E-state index is -0.480. The van der Waals surface area contributed by atoms with Gasteiger partial charge in [-0.3, -0.25) is 9.88 Å². The van der Waals surface area contributed by atoms with Crippen molar-refractivity contribution < 1.29 is 14.3 Å². The van der Waals surface area contributed by atoms with Gasteiger partial charge in [-0.1, -0.05) is 24.3 Å². The molecule has 1 atom stereocenters. The number of amides is 2. The molecule has 2 heterocycles. The summed E-state index contributed by atoms with van der Waals surface area (Å²) in [6, 6.07) is 13.8. The molecule has 2 N–H and O–H groups in total. The lowest BCUT2D eigenvalue weighted by Gasteiger charge is -2.19. The number of para-hydroxylation sites is 3. The van der Waals surface area contributed by atoms with Crippen LogP contribution in [0.4, 0.5) is 16.3 Å². The van der Waals surface area contributed by atoms with E-state index in [9.17, 15) is 9.59 Å². The van der Waals surface area contributed by atoms with Crippen LogP contribution in [-0.2, 0) is 11.3 Å². The average Bonchev–Trinajstić information content (AvgIpc) is 3.24. The van der Waals surface area contributed by atoms with E-state index in [0.717, 1.165) is 12.8 Å². The van der Waals surface area contributed by atoms with Crippen LogP contribution in [0.25, 0.3) is 10.9 Å². The van der Waals surface area contributed by atoms with Crippen LogP contribution in [0.2, 0.25) is 0 Å². The Kier molecular flexibility index (Phi) is 5.44. The SMILES string of the molecule is COc1ccccc1NC(=O)Nc1c2ccccc2nc(=O)n1CC1CCCO1. The van der Waals surface area contributed by atoms with Crippen LogP contribution in [0, 0.1) is 0 Å². The number of ether oxygens (including phenoxy) is 2. The summed E-state index contributed by atoms with van der Waals surface area (Å²) in [7, 11) is 1.54. The van der Waals surface area contributed by atoms with E-state index in [2.05, 4.69) is 15.6 Å². The van der Waals surface area contributed by atoms with Gasteiger partial charge in [-0.25, -0.2) is 9.59 Å². The van der Waals surface area contributed by atoms with E-state index in [-0.39, 0.29) is 6.10 Å². The van der Waals surface area contributed by atoms with Crippen LogP contribution in [0.1, 0.15) is 12.8 Å². The predicted octanol–water partition coefficient (Wildman–Crippen LogP) is 3.23. The molecule has 29 heavy (non-hydrogen) atoms. The molecular formula is C21H22N4O4. The number of benzene rings is 2. The summed E-state index contributed by atoms with van der Waals surface area (Å²) in [5.41, 5.74) is 0.624. The van der Waals surface area contributed by atoms with Gasteiger partial charge in [0.2, 0.25) is 0 Å². The predicted molar refractivity (Wildman–Crippen MR) is 111 cm³/mol. The Morgan fingerprint density at radius 3 is 2.79 bits per heavy atom. The number of carbonyl (C=O) groups is 1. The molecule has 0 spiro atoms. The quantitative estimate of drug-likeness (QED) is 0.693. The lowest BCUT2D eigenvalue weighted by atomic mass is 10.2. The van der Waals surface area contributed by atoms with E-state index >= 15 is 0 Å². The number of anilines is 2. The second-order valence-corrected chi connectivity index (χ2v) is 6.79. The summed E-state index contributed by atoms with van der Waals surface area (Å²) >= 11 is 0. The highest BCUT2D eigenvalue weighted by molar-refractivity contribution is 6.04. The molecule has 2 aromatic carbocycles. The summed E-state index contributed by atoms with van der Waals surface area (Å²) in [6.07, 6.45) is 1.75. The third kappa shape index (κ3) is 4.07. The molecule has 1 saturated heterocycles. The second kappa shape index (κ2) is 8.32. The minimum absolute atomic E-state index is 0.0755. The number of nitrogens with zero attached hydrogens (tertiary/aromatic N) is 2. The number of hydrogen-bond acceptors (Lipinski definition) is 5. The van der Waals surface area contributed by atoms with E-state index in [0.29, 0.717) is 41.3 Å². The van der Waals surface area contributed by atoms with Crippen molar-refractivity contribution >= 4 is 28.4 Å². The first-order valence-electron chi connectivity index (χ1n) is 9.48. The van der Waals surface area contributed by atoms with E-state index in [1.54, 1.807) is 30.3 Å². The topological polar surface area (TPSA) is 94.5 Å². The molecule has 1 fully saturated rings. The molecule has 0 aliphatic carbocycles. The van der Waals surface area contributed by atoms with Crippen molar-refractivity contribution in [2.45, 2.75) is 25.5 Å². The van der Waals surface area contributed by atoms with Gasteiger partial charge in [0, 0.05) is 12.0 Å². The molecule has 0 saturated carbocycles. The molecule has 2 amide bonds. The molecule has 4 rings (SSSR count). The van der Waals surface area contributed by atoms with Crippen LogP contribution >= 0.6 is 0 Å². The molecule has 1 aromatic heterocycles. The third-order valence-electron chi connectivity index (χ3n) is 4.87. The Morgan fingerprint density at radius 2 is 2.00 bits per heavy atom. The monoisotopic (exact) mass is 394 g/mol. The Balaban J connectivity index is 1.68. The second-order valence-electron chi connectivity index (χ2n) is 6.79. The summed E-state index contributed by atoms with van der Waals surface area (Å²) in [6.45, 7) is 1.01. The Labute approximate surface area is 167 Å². The van der Waals surface area contributed by atoms with E-state index in [1.807, 2.05) is 18.2 Å². The minimum Gasteiger partial charge on any atom is -0.495 e. The highest BCUT2D eigenvalue weighted by atomic mass is 16.5. The Bertz CT molecular complexity index is 1090. The molecular weight excluding hydrogens is 372 g/mol. The number of rotatable bonds is 5. The molecule has 0 bridgehead atoms. The smallest absolute Gasteiger partial charge is 0.349 e. The largest absolute Gasteiger partial charge is 0.495 e. The number of fused-ring (bicyclic) bond motifs is 1. The average molecular weight is 394 g/mol. The maximum atomic E-state index is 12.7. The molecule has 0 radical (unpaired) electrons. The standard InChI is InChI=1S/C21H22N4O4/c1-28-18-11-5-4-10-17(18)22-20(26)24-19-15-8-2-3-9-16(15)23-21(27)25(19)13-14-7-6-12-29-14/h2-5,8-11,14H,6-7,12-13H2,1H3,(H2,22,24,26). The first-order valence-corrected chi connectivity index (χ1v) is 9.48. The van der Waals surface area contributed by atoms with Crippen molar-refractivity contribution in [3.05, 3.63) is 59.0 Å². The van der Waals surface area contributed by atoms with Gasteiger partial charge in [0.15, 0.2) is 0 Å². The lowest BCUT2D eigenvalue weighted by Crippen LogP contribution is -2.33.